The number of furan rings is 1. The molecule has 1 N–H and O–H groups in total. The second kappa shape index (κ2) is 8.09. The van der Waals surface area contributed by atoms with Crippen LogP contribution in [-0.2, 0) is 9.53 Å². The van der Waals surface area contributed by atoms with Crippen molar-refractivity contribution in [2.75, 3.05) is 0 Å². The lowest BCUT2D eigenvalue weighted by atomic mass is 10.0. The molecule has 0 fully saturated rings. The smallest absolute Gasteiger partial charge is 0.433 e. The zero-order valence-electron chi connectivity index (χ0n) is 13.8. The van der Waals surface area contributed by atoms with Crippen LogP contribution < -0.4 is 5.32 Å². The first-order chi connectivity index (χ1) is 11.9. The van der Waals surface area contributed by atoms with Crippen LogP contribution >= 0.6 is 0 Å². The molecule has 0 aliphatic heterocycles. The van der Waals surface area contributed by atoms with E-state index in [1.807, 2.05) is 6.07 Å². The average molecular weight is 346 g/mol. The van der Waals surface area contributed by atoms with Crippen molar-refractivity contribution in [3.05, 3.63) is 63.9 Å². The summed E-state index contributed by atoms with van der Waals surface area (Å²) in [5.74, 6) is -1.85. The predicted octanol–water partition coefficient (Wildman–Crippen LogP) is 3.00. The molecule has 0 spiro atoms. The van der Waals surface area contributed by atoms with Crippen LogP contribution in [0.5, 0.6) is 0 Å². The summed E-state index contributed by atoms with van der Waals surface area (Å²) in [6, 6.07) is 10.5. The number of nitrogens with zero attached hydrogens (tertiary/aromatic N) is 1. The normalized spacial score (nSPS) is 11.8. The summed E-state index contributed by atoms with van der Waals surface area (Å²) in [4.78, 5) is 34.2. The zero-order valence-corrected chi connectivity index (χ0v) is 13.8. The maximum Gasteiger partial charge on any atom is 0.433 e. The molecule has 1 aromatic carbocycles. The Hall–Kier alpha value is -3.16. The van der Waals surface area contributed by atoms with E-state index >= 15 is 0 Å². The second-order valence-electron chi connectivity index (χ2n) is 5.57. The molecule has 2 aromatic rings. The third-order valence-electron chi connectivity index (χ3n) is 3.24. The van der Waals surface area contributed by atoms with Crippen molar-refractivity contribution < 1.29 is 23.7 Å². The van der Waals surface area contributed by atoms with Crippen LogP contribution in [-0.4, -0.2) is 22.9 Å². The molecule has 25 heavy (non-hydrogen) atoms. The van der Waals surface area contributed by atoms with E-state index in [9.17, 15) is 19.7 Å². The van der Waals surface area contributed by atoms with Gasteiger partial charge in [0.25, 0.3) is 5.91 Å². The molecule has 1 atom stereocenters. The standard InChI is InChI=1S/C17H18N2O6/c1-11(2)24-16(20)10-13(12-6-4-3-5-7-12)18-17(21)14-8-9-15(25-14)19(22)23/h3-9,11,13H,10H2,1-2H3,(H,18,21). The van der Waals surface area contributed by atoms with E-state index in [0.717, 1.165) is 6.07 Å². The zero-order chi connectivity index (χ0) is 18.4. The molecule has 0 aliphatic rings. The monoisotopic (exact) mass is 346 g/mol. The summed E-state index contributed by atoms with van der Waals surface area (Å²) in [7, 11) is 0. The van der Waals surface area contributed by atoms with Crippen LogP contribution in [0.1, 0.15) is 42.4 Å². The van der Waals surface area contributed by atoms with Gasteiger partial charge in [-0.3, -0.25) is 19.7 Å². The average Bonchev–Trinajstić information content (AvgIpc) is 3.04. The molecule has 0 saturated carbocycles. The number of esters is 1. The molecule has 1 aromatic heterocycles. The Bertz CT molecular complexity index is 754. The minimum atomic E-state index is -0.731. The maximum absolute atomic E-state index is 12.3. The number of hydrogen-bond acceptors (Lipinski definition) is 6. The highest BCUT2D eigenvalue weighted by Crippen LogP contribution is 2.20. The highest BCUT2D eigenvalue weighted by atomic mass is 16.6. The number of benzene rings is 1. The van der Waals surface area contributed by atoms with Gasteiger partial charge in [-0.1, -0.05) is 30.3 Å². The predicted molar refractivity (Wildman–Crippen MR) is 87.9 cm³/mol. The van der Waals surface area contributed by atoms with Crippen LogP contribution in [0.3, 0.4) is 0 Å². The van der Waals surface area contributed by atoms with Crippen LogP contribution in [0, 0.1) is 10.1 Å². The van der Waals surface area contributed by atoms with Crippen molar-refractivity contribution in [1.29, 1.82) is 0 Å². The SMILES string of the molecule is CC(C)OC(=O)CC(NC(=O)c1ccc([N+](=O)[O-])o1)c1ccccc1. The van der Waals surface area contributed by atoms with Crippen molar-refractivity contribution in [2.24, 2.45) is 0 Å². The van der Waals surface area contributed by atoms with Gasteiger partial charge in [0.2, 0.25) is 0 Å². The molecule has 8 nitrogen and oxygen atoms in total. The van der Waals surface area contributed by atoms with E-state index in [-0.39, 0.29) is 18.3 Å². The van der Waals surface area contributed by atoms with E-state index in [1.165, 1.54) is 6.07 Å². The first-order valence-electron chi connectivity index (χ1n) is 7.66. The third kappa shape index (κ3) is 5.17. The van der Waals surface area contributed by atoms with Crippen molar-refractivity contribution in [1.82, 2.24) is 5.32 Å². The Kier molecular flexibility index (Phi) is 5.89. The van der Waals surface area contributed by atoms with Gasteiger partial charge in [0.1, 0.15) is 4.92 Å². The van der Waals surface area contributed by atoms with Crippen molar-refractivity contribution in [3.63, 3.8) is 0 Å². The lowest BCUT2D eigenvalue weighted by Crippen LogP contribution is -2.30. The van der Waals surface area contributed by atoms with Gasteiger partial charge in [0.15, 0.2) is 5.76 Å². The fourth-order valence-electron chi connectivity index (χ4n) is 2.19. The van der Waals surface area contributed by atoms with E-state index in [2.05, 4.69) is 5.32 Å². The molecule has 0 aliphatic carbocycles. The fourth-order valence-corrected chi connectivity index (χ4v) is 2.19. The molecule has 1 heterocycles. The largest absolute Gasteiger partial charge is 0.463 e. The van der Waals surface area contributed by atoms with Crippen molar-refractivity contribution >= 4 is 17.8 Å². The third-order valence-corrected chi connectivity index (χ3v) is 3.24. The Morgan fingerprint density at radius 3 is 2.44 bits per heavy atom. The minimum absolute atomic E-state index is 0.0727. The summed E-state index contributed by atoms with van der Waals surface area (Å²) < 4.78 is 10.0. The van der Waals surface area contributed by atoms with Gasteiger partial charge >= 0.3 is 11.9 Å². The quantitative estimate of drug-likeness (QED) is 0.468. The maximum atomic E-state index is 12.3. The van der Waals surface area contributed by atoms with E-state index in [4.69, 9.17) is 9.15 Å². The number of nitro groups is 1. The summed E-state index contributed by atoms with van der Waals surface area (Å²) in [6.45, 7) is 3.46. The van der Waals surface area contributed by atoms with Gasteiger partial charge in [-0.05, 0) is 25.5 Å². The topological polar surface area (TPSA) is 112 Å². The summed E-state index contributed by atoms with van der Waals surface area (Å²) in [5, 5.41) is 13.3. The van der Waals surface area contributed by atoms with Crippen molar-refractivity contribution in [3.8, 4) is 0 Å². The van der Waals surface area contributed by atoms with Crippen LogP contribution in [0.15, 0.2) is 46.9 Å². The highest BCUT2D eigenvalue weighted by Gasteiger charge is 2.23. The molecule has 0 radical (unpaired) electrons. The summed E-state index contributed by atoms with van der Waals surface area (Å²) >= 11 is 0. The number of ether oxygens (including phenoxy) is 1. The molecule has 132 valence electrons. The van der Waals surface area contributed by atoms with Gasteiger partial charge in [0, 0.05) is 0 Å². The van der Waals surface area contributed by atoms with E-state index in [1.54, 1.807) is 38.1 Å². The Morgan fingerprint density at radius 2 is 1.88 bits per heavy atom. The number of carbonyl (C=O) groups excluding carboxylic acids is 2. The lowest BCUT2D eigenvalue weighted by molar-refractivity contribution is -0.402. The molecule has 8 heteroatoms. The molecule has 0 saturated heterocycles. The van der Waals surface area contributed by atoms with Gasteiger partial charge in [0.05, 0.1) is 24.6 Å². The molecule has 1 amide bonds. The van der Waals surface area contributed by atoms with Crippen molar-refractivity contribution in [2.45, 2.75) is 32.4 Å². The van der Waals surface area contributed by atoms with Gasteiger partial charge in [-0.15, -0.1) is 0 Å². The number of nitrogens with one attached hydrogen (secondary N) is 1. The Morgan fingerprint density at radius 1 is 1.20 bits per heavy atom. The molecular weight excluding hydrogens is 328 g/mol. The Labute approximate surface area is 143 Å². The fraction of sp³-hybridized carbons (Fsp3) is 0.294. The first-order valence-corrected chi connectivity index (χ1v) is 7.66. The van der Waals surface area contributed by atoms with Gasteiger partial charge < -0.3 is 14.5 Å². The summed E-state index contributed by atoms with van der Waals surface area (Å²) in [6.07, 6.45) is -0.344. The minimum Gasteiger partial charge on any atom is -0.463 e. The summed E-state index contributed by atoms with van der Waals surface area (Å²) in [5.41, 5.74) is 0.706. The highest BCUT2D eigenvalue weighted by molar-refractivity contribution is 5.92. The first kappa shape index (κ1) is 18.2. The number of hydrogen-bond donors (Lipinski definition) is 1. The molecular formula is C17H18N2O6. The van der Waals surface area contributed by atoms with Gasteiger partial charge in [-0.2, -0.15) is 0 Å². The molecule has 0 bridgehead atoms. The lowest BCUT2D eigenvalue weighted by Gasteiger charge is -2.18. The van der Waals surface area contributed by atoms with Gasteiger partial charge in [-0.25, -0.2) is 0 Å². The number of amides is 1. The number of rotatable bonds is 7. The van der Waals surface area contributed by atoms with E-state index in [0.29, 0.717) is 5.56 Å². The molecule has 1 unspecified atom stereocenters. The Balaban J connectivity index is 2.15. The van der Waals surface area contributed by atoms with Crippen LogP contribution in [0.4, 0.5) is 5.88 Å². The molecule has 2 rings (SSSR count). The van der Waals surface area contributed by atoms with Crippen LogP contribution in [0.2, 0.25) is 0 Å². The van der Waals surface area contributed by atoms with Crippen LogP contribution in [0.25, 0.3) is 0 Å². The van der Waals surface area contributed by atoms with E-state index < -0.39 is 28.7 Å². The second-order valence-corrected chi connectivity index (χ2v) is 5.57. The number of carbonyl (C=O) groups is 2.